The van der Waals surface area contributed by atoms with Gasteiger partial charge in [-0.3, -0.25) is 19.4 Å². The molecule has 0 atom stereocenters. The maximum absolute atomic E-state index is 12.4. The molecule has 0 unspecified atom stereocenters. The quantitative estimate of drug-likeness (QED) is 0.471. The van der Waals surface area contributed by atoms with Crippen LogP contribution in [0.5, 0.6) is 0 Å². The van der Waals surface area contributed by atoms with Crippen molar-refractivity contribution in [1.82, 2.24) is 19.8 Å². The second-order valence-corrected chi connectivity index (χ2v) is 10.7. The summed E-state index contributed by atoms with van der Waals surface area (Å²) < 4.78 is 2.00. The average Bonchev–Trinajstić information content (AvgIpc) is 3.34. The van der Waals surface area contributed by atoms with E-state index in [1.165, 1.54) is 61.2 Å². The van der Waals surface area contributed by atoms with Crippen molar-refractivity contribution >= 4 is 90.0 Å². The Bertz CT molecular complexity index is 991. The number of aromatic nitrogens is 2. The van der Waals surface area contributed by atoms with Crippen molar-refractivity contribution in [3.63, 3.8) is 0 Å². The van der Waals surface area contributed by atoms with Gasteiger partial charge in [-0.1, -0.05) is 35.5 Å². The van der Waals surface area contributed by atoms with Crippen LogP contribution in [0.2, 0.25) is 0 Å². The van der Waals surface area contributed by atoms with Crippen LogP contribution in [-0.4, -0.2) is 70.9 Å². The van der Waals surface area contributed by atoms with Gasteiger partial charge in [-0.05, 0) is 64.0 Å². The summed E-state index contributed by atoms with van der Waals surface area (Å²) in [7, 11) is 0. The molecule has 4 heterocycles. The number of hydrogen-bond acceptors (Lipinski definition) is 8. The van der Waals surface area contributed by atoms with Crippen LogP contribution in [0.3, 0.4) is 0 Å². The van der Waals surface area contributed by atoms with Gasteiger partial charge in [0.15, 0.2) is 10.3 Å². The number of rotatable bonds is 6. The largest absolute Gasteiger partial charge is 0.301 e. The van der Waals surface area contributed by atoms with E-state index in [9.17, 15) is 9.59 Å². The molecule has 12 heteroatoms. The summed E-state index contributed by atoms with van der Waals surface area (Å²) in [5, 5.41) is 7.14. The molecule has 5 rings (SSSR count). The number of benzene rings is 1. The Morgan fingerprint density at radius 2 is 1.12 bits per heavy atom. The molecular weight excluding hydrogens is 515 g/mol. The summed E-state index contributed by atoms with van der Waals surface area (Å²) >= 11 is 2.94. The van der Waals surface area contributed by atoms with E-state index in [1.54, 1.807) is 0 Å². The minimum absolute atomic E-state index is 0. The normalized spacial score (nSPS) is 17.2. The third-order valence-corrected chi connectivity index (χ3v) is 7.89. The van der Waals surface area contributed by atoms with Gasteiger partial charge in [0.1, 0.15) is 0 Å². The molecule has 2 amide bonds. The maximum Gasteiger partial charge on any atom is 0.240 e. The zero-order valence-electron chi connectivity index (χ0n) is 18.9. The molecule has 2 aliphatic heterocycles. The van der Waals surface area contributed by atoms with Crippen molar-refractivity contribution in [1.29, 1.82) is 0 Å². The van der Waals surface area contributed by atoms with Gasteiger partial charge < -0.3 is 10.6 Å². The Labute approximate surface area is 219 Å². The molecular formula is C22H30Cl2N6O2S2. The minimum atomic E-state index is -0.00963. The van der Waals surface area contributed by atoms with Gasteiger partial charge in [-0.15, -0.1) is 24.8 Å². The molecule has 2 fully saturated rings. The Morgan fingerprint density at radius 3 is 1.53 bits per heavy atom. The van der Waals surface area contributed by atoms with E-state index in [1.807, 2.05) is 12.1 Å². The number of carbonyl (C=O) groups is 2. The highest BCUT2D eigenvalue weighted by Gasteiger charge is 2.17. The smallest absolute Gasteiger partial charge is 0.240 e. The van der Waals surface area contributed by atoms with E-state index < -0.39 is 0 Å². The third kappa shape index (κ3) is 6.77. The molecule has 2 N–H and O–H groups in total. The highest BCUT2D eigenvalue weighted by Crippen LogP contribution is 2.34. The fraction of sp³-hybridized carbons (Fsp3) is 0.545. The van der Waals surface area contributed by atoms with E-state index in [2.05, 4.69) is 30.4 Å². The molecule has 34 heavy (non-hydrogen) atoms. The summed E-state index contributed by atoms with van der Waals surface area (Å²) in [6, 6.07) is 3.97. The molecule has 2 saturated heterocycles. The Balaban J connectivity index is 0.00000162. The predicted octanol–water partition coefficient (Wildman–Crippen LogP) is 4.60. The third-order valence-electron chi connectivity index (χ3n) is 6.02. The monoisotopic (exact) mass is 544 g/mol. The van der Waals surface area contributed by atoms with Crippen molar-refractivity contribution < 1.29 is 9.59 Å². The maximum atomic E-state index is 12.4. The Kier molecular flexibility index (Phi) is 9.87. The van der Waals surface area contributed by atoms with Crippen molar-refractivity contribution in [2.75, 3.05) is 49.9 Å². The van der Waals surface area contributed by atoms with Crippen LogP contribution < -0.4 is 10.6 Å². The molecule has 0 saturated carbocycles. The van der Waals surface area contributed by atoms with E-state index in [0.29, 0.717) is 23.4 Å². The van der Waals surface area contributed by atoms with Crippen LogP contribution >= 0.6 is 47.5 Å². The zero-order chi connectivity index (χ0) is 21.9. The zero-order valence-corrected chi connectivity index (χ0v) is 22.1. The van der Waals surface area contributed by atoms with Crippen molar-refractivity contribution in [3.05, 3.63) is 12.1 Å². The summed E-state index contributed by atoms with van der Waals surface area (Å²) in [5.41, 5.74) is 1.62. The number of halogens is 2. The number of carbonyl (C=O) groups excluding carboxylic acids is 2. The number of nitrogens with one attached hydrogen (secondary N) is 2. The first-order valence-corrected chi connectivity index (χ1v) is 13.0. The lowest BCUT2D eigenvalue weighted by Crippen LogP contribution is -2.36. The molecule has 0 spiro atoms. The number of nitrogens with zero attached hydrogens (tertiary/aromatic N) is 4. The molecule has 3 aromatic rings. The summed E-state index contributed by atoms with van der Waals surface area (Å²) in [6.45, 7) is 4.82. The lowest BCUT2D eigenvalue weighted by molar-refractivity contribution is -0.118. The minimum Gasteiger partial charge on any atom is -0.301 e. The number of hydrogen-bond donors (Lipinski definition) is 2. The molecule has 0 aliphatic carbocycles. The Hall–Kier alpha value is -1.56. The van der Waals surface area contributed by atoms with Crippen LogP contribution in [0, 0.1) is 0 Å². The van der Waals surface area contributed by atoms with Crippen molar-refractivity contribution in [2.24, 2.45) is 0 Å². The van der Waals surface area contributed by atoms with Crippen molar-refractivity contribution in [2.45, 2.75) is 38.5 Å². The van der Waals surface area contributed by atoms with Crippen molar-refractivity contribution in [3.8, 4) is 0 Å². The van der Waals surface area contributed by atoms with Crippen LogP contribution in [0.25, 0.3) is 20.4 Å². The number of thiazole rings is 2. The topological polar surface area (TPSA) is 90.5 Å². The first-order valence-electron chi connectivity index (χ1n) is 11.4. The molecule has 186 valence electrons. The lowest BCUT2D eigenvalue weighted by Gasteiger charge is -2.25. The molecule has 0 bridgehead atoms. The second-order valence-electron chi connectivity index (χ2n) is 8.60. The fourth-order valence-corrected chi connectivity index (χ4v) is 6.30. The number of fused-ring (bicyclic) bond motifs is 2. The molecule has 8 nitrogen and oxygen atoms in total. The van der Waals surface area contributed by atoms with Gasteiger partial charge in [-0.25, -0.2) is 9.97 Å². The Morgan fingerprint density at radius 1 is 0.706 bits per heavy atom. The lowest BCUT2D eigenvalue weighted by atomic mass is 10.1. The van der Waals surface area contributed by atoms with Gasteiger partial charge in [0.05, 0.1) is 33.5 Å². The highest BCUT2D eigenvalue weighted by molar-refractivity contribution is 7.24. The van der Waals surface area contributed by atoms with E-state index in [0.717, 1.165) is 46.6 Å². The standard InChI is InChI=1S/C22H28N6O2S2.2ClH/c29-19(13-27-7-3-1-4-8-27)25-21-23-15-11-16-18(12-17(15)31-21)32-22(24-16)26-20(30)14-28-9-5-2-6-10-28;;/h11-12H,1-10,13-14H2,(H,23,25,29)(H,24,26,30);2*1H. The first-order chi connectivity index (χ1) is 15.6. The van der Waals surface area contributed by atoms with Crippen LogP contribution in [0.1, 0.15) is 38.5 Å². The molecule has 0 radical (unpaired) electrons. The second kappa shape index (κ2) is 12.4. The SMILES string of the molecule is Cl.Cl.O=C(CN1CCCCC1)Nc1nc2cc3nc(NC(=O)CN4CCCCC4)sc3cc2s1. The molecule has 2 aromatic heterocycles. The fourth-order valence-electron chi connectivity index (χ4n) is 4.42. The van der Waals surface area contributed by atoms with E-state index >= 15 is 0 Å². The van der Waals surface area contributed by atoms with Gasteiger partial charge in [0.25, 0.3) is 0 Å². The summed E-state index contributed by atoms with van der Waals surface area (Å²) in [4.78, 5) is 38.4. The number of anilines is 2. The molecule has 1 aromatic carbocycles. The van der Waals surface area contributed by atoms with Crippen LogP contribution in [0.15, 0.2) is 12.1 Å². The van der Waals surface area contributed by atoms with Gasteiger partial charge in [0.2, 0.25) is 11.8 Å². The number of amides is 2. The first kappa shape index (κ1) is 27.0. The van der Waals surface area contributed by atoms with Crippen LogP contribution in [-0.2, 0) is 9.59 Å². The number of likely N-dealkylation sites (tertiary alicyclic amines) is 2. The van der Waals surface area contributed by atoms with E-state index in [4.69, 9.17) is 0 Å². The number of piperidine rings is 2. The molecule has 2 aliphatic rings. The average molecular weight is 546 g/mol. The predicted molar refractivity (Wildman–Crippen MR) is 145 cm³/mol. The summed E-state index contributed by atoms with van der Waals surface area (Å²) in [6.07, 6.45) is 7.17. The van der Waals surface area contributed by atoms with Gasteiger partial charge >= 0.3 is 0 Å². The van der Waals surface area contributed by atoms with Gasteiger partial charge in [-0.2, -0.15) is 0 Å². The van der Waals surface area contributed by atoms with Crippen LogP contribution in [0.4, 0.5) is 10.3 Å². The summed E-state index contributed by atoms with van der Waals surface area (Å²) in [5.74, 6) is -0.0193. The highest BCUT2D eigenvalue weighted by atomic mass is 35.5. The van der Waals surface area contributed by atoms with E-state index in [-0.39, 0.29) is 36.6 Å². The van der Waals surface area contributed by atoms with Gasteiger partial charge in [0, 0.05) is 0 Å².